The summed E-state index contributed by atoms with van der Waals surface area (Å²) in [4.78, 5) is 10.9. The van der Waals surface area contributed by atoms with Gasteiger partial charge in [0.05, 0.1) is 12.5 Å². The van der Waals surface area contributed by atoms with Crippen molar-refractivity contribution >= 4 is 5.97 Å². The third-order valence-corrected chi connectivity index (χ3v) is 4.14. The van der Waals surface area contributed by atoms with Gasteiger partial charge in [-0.1, -0.05) is 19.9 Å². The van der Waals surface area contributed by atoms with E-state index in [0.29, 0.717) is 11.8 Å². The molecule has 3 unspecified atom stereocenters. The van der Waals surface area contributed by atoms with E-state index < -0.39 is 5.97 Å². The van der Waals surface area contributed by atoms with E-state index in [1.165, 1.54) is 11.1 Å². The molecule has 3 heteroatoms. The average molecular weight is 276 g/mol. The maximum atomic E-state index is 10.9. The van der Waals surface area contributed by atoms with Crippen molar-refractivity contribution in [1.82, 2.24) is 0 Å². The highest BCUT2D eigenvalue weighted by Gasteiger charge is 2.43. The molecule has 1 aromatic rings. The molecular formula is C17H24O3. The van der Waals surface area contributed by atoms with Crippen LogP contribution in [0, 0.1) is 18.8 Å². The molecule has 0 spiro atoms. The predicted octanol–water partition coefficient (Wildman–Crippen LogP) is 4.00. The van der Waals surface area contributed by atoms with Crippen molar-refractivity contribution in [3.63, 3.8) is 0 Å². The fourth-order valence-electron chi connectivity index (χ4n) is 2.90. The Kier molecular flexibility index (Phi) is 4.69. The van der Waals surface area contributed by atoms with E-state index in [1.54, 1.807) is 0 Å². The van der Waals surface area contributed by atoms with E-state index in [0.717, 1.165) is 31.6 Å². The first-order valence-corrected chi connectivity index (χ1v) is 7.49. The molecule has 3 atom stereocenters. The van der Waals surface area contributed by atoms with Gasteiger partial charge in [0.1, 0.15) is 5.75 Å². The molecule has 0 heterocycles. The molecule has 3 nitrogen and oxygen atoms in total. The van der Waals surface area contributed by atoms with Crippen LogP contribution in [-0.2, 0) is 4.79 Å². The average Bonchev–Trinajstić information content (AvgIpc) is 3.15. The maximum Gasteiger partial charge on any atom is 0.306 e. The van der Waals surface area contributed by atoms with Gasteiger partial charge in [-0.05, 0) is 61.3 Å². The molecule has 1 fully saturated rings. The van der Waals surface area contributed by atoms with Crippen LogP contribution in [0.25, 0.3) is 0 Å². The minimum absolute atomic E-state index is 0.107. The Bertz CT molecular complexity index is 481. The zero-order valence-corrected chi connectivity index (χ0v) is 12.6. The lowest BCUT2D eigenvalue weighted by atomic mass is 9.91. The molecule has 2 rings (SSSR count). The van der Waals surface area contributed by atoms with Crippen LogP contribution in [0.15, 0.2) is 18.2 Å². The summed E-state index contributed by atoms with van der Waals surface area (Å²) in [6.07, 6.45) is 2.82. The van der Waals surface area contributed by atoms with Crippen LogP contribution < -0.4 is 4.74 Å². The van der Waals surface area contributed by atoms with Gasteiger partial charge in [-0.2, -0.15) is 0 Å². The van der Waals surface area contributed by atoms with Gasteiger partial charge < -0.3 is 9.84 Å². The summed E-state index contributed by atoms with van der Waals surface area (Å²) in [5.74, 6) is 0.949. The van der Waals surface area contributed by atoms with Crippen LogP contribution >= 0.6 is 0 Å². The Hall–Kier alpha value is -1.51. The number of aliphatic carboxylic acids is 1. The van der Waals surface area contributed by atoms with E-state index in [1.807, 2.05) is 6.07 Å². The number of hydrogen-bond donors (Lipinski definition) is 1. The lowest BCUT2D eigenvalue weighted by molar-refractivity contribution is -0.138. The second-order valence-electron chi connectivity index (χ2n) is 5.94. The first-order valence-electron chi connectivity index (χ1n) is 7.49. The van der Waals surface area contributed by atoms with Crippen molar-refractivity contribution in [1.29, 1.82) is 0 Å². The van der Waals surface area contributed by atoms with Gasteiger partial charge in [0.2, 0.25) is 0 Å². The van der Waals surface area contributed by atoms with Crippen molar-refractivity contribution in [3.8, 4) is 5.75 Å². The van der Waals surface area contributed by atoms with E-state index in [-0.39, 0.29) is 5.92 Å². The number of aryl methyl sites for hydroxylation is 1. The molecule has 110 valence electrons. The molecule has 0 amide bonds. The molecule has 0 aromatic heterocycles. The molecule has 1 aliphatic rings. The Morgan fingerprint density at radius 2 is 2.25 bits per heavy atom. The normalized spacial score (nSPS) is 22.4. The Morgan fingerprint density at radius 3 is 2.80 bits per heavy atom. The fourth-order valence-corrected chi connectivity index (χ4v) is 2.90. The molecular weight excluding hydrogens is 252 g/mol. The molecule has 0 saturated heterocycles. The van der Waals surface area contributed by atoms with Crippen molar-refractivity contribution < 1.29 is 14.6 Å². The van der Waals surface area contributed by atoms with Crippen LogP contribution in [0.2, 0.25) is 0 Å². The first-order chi connectivity index (χ1) is 9.52. The van der Waals surface area contributed by atoms with Crippen LogP contribution in [0.3, 0.4) is 0 Å². The van der Waals surface area contributed by atoms with Crippen LogP contribution in [0.1, 0.15) is 50.2 Å². The van der Waals surface area contributed by atoms with Crippen LogP contribution in [0.4, 0.5) is 0 Å². The van der Waals surface area contributed by atoms with Gasteiger partial charge in [-0.3, -0.25) is 4.79 Å². The SMILES string of the molecule is CCCOc1ccc(C(C)CC2CC2C(=O)O)c(C)c1. The quantitative estimate of drug-likeness (QED) is 0.818. The molecule has 1 aliphatic carbocycles. The van der Waals surface area contributed by atoms with Gasteiger partial charge in [0.25, 0.3) is 0 Å². The van der Waals surface area contributed by atoms with E-state index in [4.69, 9.17) is 9.84 Å². The highest BCUT2D eigenvalue weighted by molar-refractivity contribution is 5.73. The largest absolute Gasteiger partial charge is 0.494 e. The van der Waals surface area contributed by atoms with Gasteiger partial charge >= 0.3 is 5.97 Å². The zero-order chi connectivity index (χ0) is 14.7. The van der Waals surface area contributed by atoms with Gasteiger partial charge in [0, 0.05) is 0 Å². The molecule has 20 heavy (non-hydrogen) atoms. The topological polar surface area (TPSA) is 46.5 Å². The smallest absolute Gasteiger partial charge is 0.306 e. The molecule has 1 aromatic carbocycles. The Labute approximate surface area is 121 Å². The second kappa shape index (κ2) is 6.29. The van der Waals surface area contributed by atoms with Crippen LogP contribution in [0.5, 0.6) is 5.75 Å². The molecule has 1 N–H and O–H groups in total. The summed E-state index contributed by atoms with van der Waals surface area (Å²) < 4.78 is 5.63. The Morgan fingerprint density at radius 1 is 1.50 bits per heavy atom. The number of carbonyl (C=O) groups is 1. The van der Waals surface area contributed by atoms with Crippen LogP contribution in [-0.4, -0.2) is 17.7 Å². The third-order valence-electron chi connectivity index (χ3n) is 4.14. The lowest BCUT2D eigenvalue weighted by Gasteiger charge is -2.16. The summed E-state index contributed by atoms with van der Waals surface area (Å²) in [7, 11) is 0. The molecule has 0 aliphatic heterocycles. The first kappa shape index (κ1) is 14.9. The predicted molar refractivity (Wildman–Crippen MR) is 79.2 cm³/mol. The fraction of sp³-hybridized carbons (Fsp3) is 0.588. The maximum absolute atomic E-state index is 10.9. The number of carboxylic acid groups (broad SMARTS) is 1. The minimum atomic E-state index is -0.637. The standard InChI is InChI=1S/C17H24O3/c1-4-7-20-14-5-6-15(12(3)9-14)11(2)8-13-10-16(13)17(18)19/h5-6,9,11,13,16H,4,7-8,10H2,1-3H3,(H,18,19). The minimum Gasteiger partial charge on any atom is -0.494 e. The lowest BCUT2D eigenvalue weighted by Crippen LogP contribution is -2.04. The number of ether oxygens (including phenoxy) is 1. The van der Waals surface area contributed by atoms with Crippen molar-refractivity contribution in [2.24, 2.45) is 11.8 Å². The van der Waals surface area contributed by atoms with Crippen molar-refractivity contribution in [2.45, 2.75) is 46.0 Å². The Balaban J connectivity index is 1.96. The summed E-state index contributed by atoms with van der Waals surface area (Å²) in [5.41, 5.74) is 2.54. The monoisotopic (exact) mass is 276 g/mol. The number of hydrogen-bond acceptors (Lipinski definition) is 2. The van der Waals surface area contributed by atoms with E-state index >= 15 is 0 Å². The number of rotatable bonds is 7. The molecule has 1 saturated carbocycles. The second-order valence-corrected chi connectivity index (χ2v) is 5.94. The van der Waals surface area contributed by atoms with Gasteiger partial charge in [0.15, 0.2) is 0 Å². The number of benzene rings is 1. The van der Waals surface area contributed by atoms with E-state index in [9.17, 15) is 4.79 Å². The summed E-state index contributed by atoms with van der Waals surface area (Å²) in [6, 6.07) is 6.24. The summed E-state index contributed by atoms with van der Waals surface area (Å²) in [5, 5.41) is 8.96. The molecule has 0 radical (unpaired) electrons. The highest BCUT2D eigenvalue weighted by Crippen LogP contribution is 2.45. The molecule has 0 bridgehead atoms. The van der Waals surface area contributed by atoms with Crippen molar-refractivity contribution in [3.05, 3.63) is 29.3 Å². The van der Waals surface area contributed by atoms with Gasteiger partial charge in [-0.15, -0.1) is 0 Å². The highest BCUT2D eigenvalue weighted by atomic mass is 16.5. The van der Waals surface area contributed by atoms with Crippen molar-refractivity contribution in [2.75, 3.05) is 6.61 Å². The zero-order valence-electron chi connectivity index (χ0n) is 12.6. The van der Waals surface area contributed by atoms with Gasteiger partial charge in [-0.25, -0.2) is 0 Å². The summed E-state index contributed by atoms with van der Waals surface area (Å²) >= 11 is 0. The third kappa shape index (κ3) is 3.53. The van der Waals surface area contributed by atoms with E-state index in [2.05, 4.69) is 32.9 Å². The summed E-state index contributed by atoms with van der Waals surface area (Å²) in [6.45, 7) is 7.13. The number of carboxylic acids is 1.